The maximum atomic E-state index is 6.10. The van der Waals surface area contributed by atoms with Gasteiger partial charge in [0.05, 0.1) is 28.1 Å². The van der Waals surface area contributed by atoms with Gasteiger partial charge in [0.15, 0.2) is 0 Å². The summed E-state index contributed by atoms with van der Waals surface area (Å²) in [7, 11) is 0. The second-order valence-corrected chi connectivity index (χ2v) is 13.9. The number of fused-ring (bicyclic) bond motifs is 6. The fourth-order valence-corrected chi connectivity index (χ4v) is 7.56. The second-order valence-electron chi connectivity index (χ2n) is 13.9. The number of furan rings is 1. The molecule has 0 saturated heterocycles. The van der Waals surface area contributed by atoms with E-state index in [0.717, 1.165) is 99.8 Å². The number of para-hydroxylation sites is 1. The first-order valence-electron chi connectivity index (χ1n) is 18.5. The number of hydrogen-bond donors (Lipinski definition) is 0. The van der Waals surface area contributed by atoms with Crippen LogP contribution in [0.15, 0.2) is 187 Å². The zero-order valence-electron chi connectivity index (χ0n) is 29.9. The quantitative estimate of drug-likeness (QED) is 0.169. The monoisotopic (exact) mass is 718 g/mol. The standard InChI is InChI=1S/C49H30N6O/c1-2-4-48-41(3-1)42-19-22-45(54-49(42)56-48)35-6-5-34-28-40(18-11-33(34)27-35)55(38-14-7-31(8-15-38)43-20-12-36-29-50-25-23-46(36)52-43)39-16-9-32(10-17-39)44-21-13-37-30-51-26-24-47(37)53-44/h1-30H. The van der Waals surface area contributed by atoms with Crippen LogP contribution in [0.2, 0.25) is 0 Å². The Hall–Kier alpha value is -7.77. The smallest absolute Gasteiger partial charge is 0.227 e. The van der Waals surface area contributed by atoms with Crippen molar-refractivity contribution in [3.63, 3.8) is 0 Å². The van der Waals surface area contributed by atoms with Crippen LogP contribution < -0.4 is 4.90 Å². The Morgan fingerprint density at radius 2 is 0.929 bits per heavy atom. The fourth-order valence-electron chi connectivity index (χ4n) is 7.56. The van der Waals surface area contributed by atoms with Gasteiger partial charge in [0.25, 0.3) is 0 Å². The Bertz CT molecular complexity index is 3140. The molecule has 0 bridgehead atoms. The van der Waals surface area contributed by atoms with E-state index in [9.17, 15) is 0 Å². The van der Waals surface area contributed by atoms with Crippen LogP contribution in [0.1, 0.15) is 0 Å². The van der Waals surface area contributed by atoms with Gasteiger partial charge in [0.1, 0.15) is 5.58 Å². The van der Waals surface area contributed by atoms with Gasteiger partial charge in [-0.25, -0.2) is 15.0 Å². The number of pyridine rings is 5. The summed E-state index contributed by atoms with van der Waals surface area (Å²) in [4.78, 5) is 25.5. The predicted molar refractivity (Wildman–Crippen MR) is 226 cm³/mol. The lowest BCUT2D eigenvalue weighted by molar-refractivity contribution is 0.654. The highest BCUT2D eigenvalue weighted by molar-refractivity contribution is 6.04. The molecule has 7 heteroatoms. The minimum atomic E-state index is 0.647. The minimum Gasteiger partial charge on any atom is -0.438 e. The molecule has 0 atom stereocenters. The lowest BCUT2D eigenvalue weighted by Gasteiger charge is -2.26. The zero-order chi connectivity index (χ0) is 37.0. The van der Waals surface area contributed by atoms with E-state index >= 15 is 0 Å². The zero-order valence-corrected chi connectivity index (χ0v) is 29.9. The second kappa shape index (κ2) is 13.0. The molecule has 6 aromatic heterocycles. The summed E-state index contributed by atoms with van der Waals surface area (Å²) < 4.78 is 6.10. The predicted octanol–water partition coefficient (Wildman–Crippen LogP) is 12.5. The molecule has 11 aromatic rings. The first-order valence-corrected chi connectivity index (χ1v) is 18.5. The number of hydrogen-bond acceptors (Lipinski definition) is 7. The Morgan fingerprint density at radius 1 is 0.393 bits per heavy atom. The highest BCUT2D eigenvalue weighted by Gasteiger charge is 2.16. The van der Waals surface area contributed by atoms with Crippen LogP contribution in [-0.2, 0) is 0 Å². The van der Waals surface area contributed by atoms with Crippen LogP contribution in [0.5, 0.6) is 0 Å². The molecule has 0 spiro atoms. The summed E-state index contributed by atoms with van der Waals surface area (Å²) >= 11 is 0. The van der Waals surface area contributed by atoms with Gasteiger partial charge in [-0.05, 0) is 108 Å². The van der Waals surface area contributed by atoms with Crippen LogP contribution in [0.3, 0.4) is 0 Å². The minimum absolute atomic E-state index is 0.647. The van der Waals surface area contributed by atoms with Crippen molar-refractivity contribution in [3.05, 3.63) is 183 Å². The van der Waals surface area contributed by atoms with Crippen LogP contribution in [0.4, 0.5) is 17.1 Å². The van der Waals surface area contributed by atoms with Gasteiger partial charge in [-0.15, -0.1) is 0 Å². The summed E-state index contributed by atoms with van der Waals surface area (Å²) in [5.74, 6) is 0. The van der Waals surface area contributed by atoms with E-state index in [-0.39, 0.29) is 0 Å². The third-order valence-electron chi connectivity index (χ3n) is 10.4. The molecule has 6 heterocycles. The van der Waals surface area contributed by atoms with E-state index in [2.05, 4.69) is 142 Å². The van der Waals surface area contributed by atoms with Gasteiger partial charge in [-0.1, -0.05) is 60.7 Å². The number of rotatable bonds is 6. The van der Waals surface area contributed by atoms with E-state index in [1.807, 2.05) is 42.7 Å². The number of anilines is 3. The van der Waals surface area contributed by atoms with Crippen molar-refractivity contribution in [3.8, 4) is 33.8 Å². The molecule has 0 N–H and O–H groups in total. The van der Waals surface area contributed by atoms with Crippen LogP contribution >= 0.6 is 0 Å². The average molecular weight is 719 g/mol. The Labute approximate surface area is 321 Å². The molecule has 0 amide bonds. The average Bonchev–Trinajstić information content (AvgIpc) is 3.64. The summed E-state index contributed by atoms with van der Waals surface area (Å²) in [5, 5.41) is 6.38. The highest BCUT2D eigenvalue weighted by atomic mass is 16.3. The lowest BCUT2D eigenvalue weighted by atomic mass is 10.0. The molecule has 0 fully saturated rings. The molecule has 0 saturated carbocycles. The Kier molecular flexibility index (Phi) is 7.35. The normalized spacial score (nSPS) is 11.6. The highest BCUT2D eigenvalue weighted by Crippen LogP contribution is 2.39. The van der Waals surface area contributed by atoms with E-state index in [0.29, 0.717) is 5.71 Å². The van der Waals surface area contributed by atoms with Gasteiger partial charge in [-0.2, -0.15) is 0 Å². The van der Waals surface area contributed by atoms with E-state index in [1.54, 1.807) is 12.4 Å². The van der Waals surface area contributed by atoms with Gasteiger partial charge < -0.3 is 9.32 Å². The Balaban J connectivity index is 0.969. The van der Waals surface area contributed by atoms with Crippen molar-refractivity contribution in [1.29, 1.82) is 0 Å². The van der Waals surface area contributed by atoms with Crippen molar-refractivity contribution < 1.29 is 4.42 Å². The largest absolute Gasteiger partial charge is 0.438 e. The lowest BCUT2D eigenvalue weighted by Crippen LogP contribution is -2.10. The third kappa shape index (κ3) is 5.58. The molecule has 0 radical (unpaired) electrons. The molecular formula is C49H30N6O. The molecule has 0 aliphatic rings. The van der Waals surface area contributed by atoms with Crippen LogP contribution in [0.25, 0.3) is 88.4 Å². The summed E-state index contributed by atoms with van der Waals surface area (Å²) in [6.07, 6.45) is 7.24. The fraction of sp³-hybridized carbons (Fsp3) is 0. The first-order chi connectivity index (χ1) is 27.7. The number of benzene rings is 5. The van der Waals surface area contributed by atoms with E-state index in [1.165, 1.54) is 0 Å². The Morgan fingerprint density at radius 3 is 1.61 bits per heavy atom. The molecule has 0 aliphatic carbocycles. The van der Waals surface area contributed by atoms with Crippen LogP contribution in [-0.4, -0.2) is 24.9 Å². The molecule has 5 aromatic carbocycles. The number of nitrogens with zero attached hydrogens (tertiary/aromatic N) is 6. The third-order valence-corrected chi connectivity index (χ3v) is 10.4. The van der Waals surface area contributed by atoms with Gasteiger partial charge >= 0.3 is 0 Å². The summed E-state index contributed by atoms with van der Waals surface area (Å²) in [6, 6.07) is 54.7. The summed E-state index contributed by atoms with van der Waals surface area (Å²) in [5.41, 5.74) is 12.3. The topological polar surface area (TPSA) is 80.8 Å². The maximum absolute atomic E-state index is 6.10. The van der Waals surface area contributed by atoms with Crippen molar-refractivity contribution in [1.82, 2.24) is 24.9 Å². The molecule has 7 nitrogen and oxygen atoms in total. The molecule has 0 unspecified atom stereocenters. The summed E-state index contributed by atoms with van der Waals surface area (Å²) in [6.45, 7) is 0. The first kappa shape index (κ1) is 31.7. The van der Waals surface area contributed by atoms with Crippen molar-refractivity contribution >= 4 is 71.7 Å². The number of aromatic nitrogens is 5. The molecule has 262 valence electrons. The molecular weight excluding hydrogens is 689 g/mol. The van der Waals surface area contributed by atoms with Crippen molar-refractivity contribution in [2.45, 2.75) is 0 Å². The molecule has 0 aliphatic heterocycles. The SMILES string of the molecule is c1ccc2c(c1)oc1nc(-c3ccc4cc(N(c5ccc(-c6ccc7cnccc7n6)cc5)c5ccc(-c6ccc7cnccc7n6)cc5)ccc4c3)ccc12. The van der Waals surface area contributed by atoms with Crippen molar-refractivity contribution in [2.24, 2.45) is 0 Å². The van der Waals surface area contributed by atoms with E-state index < -0.39 is 0 Å². The molecule has 11 rings (SSSR count). The van der Waals surface area contributed by atoms with Gasteiger partial charge in [-0.3, -0.25) is 9.97 Å². The van der Waals surface area contributed by atoms with E-state index in [4.69, 9.17) is 19.4 Å². The maximum Gasteiger partial charge on any atom is 0.227 e. The van der Waals surface area contributed by atoms with Gasteiger partial charge in [0.2, 0.25) is 5.71 Å². The van der Waals surface area contributed by atoms with Crippen molar-refractivity contribution in [2.75, 3.05) is 4.90 Å². The molecule has 56 heavy (non-hydrogen) atoms. The van der Waals surface area contributed by atoms with Crippen LogP contribution in [0, 0.1) is 0 Å². The van der Waals surface area contributed by atoms with Gasteiger partial charge in [0, 0.05) is 80.1 Å².